The molecule has 0 heterocycles. The van der Waals surface area contributed by atoms with Crippen LogP contribution < -0.4 is 0 Å². The summed E-state index contributed by atoms with van der Waals surface area (Å²) in [4.78, 5) is 11.2. The summed E-state index contributed by atoms with van der Waals surface area (Å²) in [7, 11) is 0. The Morgan fingerprint density at radius 2 is 1.76 bits per heavy atom. The summed E-state index contributed by atoms with van der Waals surface area (Å²) >= 11 is 5.81. The first kappa shape index (κ1) is 11.7. The molecule has 0 saturated heterocycles. The van der Waals surface area contributed by atoms with Crippen molar-refractivity contribution in [3.8, 4) is 11.1 Å². The van der Waals surface area contributed by atoms with Gasteiger partial charge in [-0.3, -0.25) is 0 Å². The molecule has 0 aliphatic heterocycles. The first-order valence-corrected chi connectivity index (χ1v) is 5.55. The summed E-state index contributed by atoms with van der Waals surface area (Å²) < 4.78 is 0. The second-order valence-electron chi connectivity index (χ2n) is 3.86. The third-order valence-electron chi connectivity index (χ3n) is 2.56. The van der Waals surface area contributed by atoms with E-state index in [4.69, 9.17) is 11.6 Å². The van der Waals surface area contributed by atoms with E-state index < -0.39 is 5.97 Å². The zero-order valence-corrected chi connectivity index (χ0v) is 10.0. The Morgan fingerprint density at radius 3 is 2.35 bits per heavy atom. The van der Waals surface area contributed by atoms with Crippen molar-refractivity contribution in [2.45, 2.75) is 6.92 Å². The fourth-order valence-electron chi connectivity index (χ4n) is 1.72. The van der Waals surface area contributed by atoms with Crippen molar-refractivity contribution in [3.05, 3.63) is 58.6 Å². The average Bonchev–Trinajstić information content (AvgIpc) is 2.30. The molecule has 0 saturated carbocycles. The molecule has 0 unspecified atom stereocenters. The highest BCUT2D eigenvalue weighted by Crippen LogP contribution is 2.26. The van der Waals surface area contributed by atoms with Crippen LogP contribution >= 0.6 is 11.6 Å². The number of benzene rings is 2. The second kappa shape index (κ2) is 4.60. The summed E-state index contributed by atoms with van der Waals surface area (Å²) in [6, 6.07) is 12.5. The molecule has 0 bridgehead atoms. The molecule has 0 aliphatic carbocycles. The van der Waals surface area contributed by atoms with Crippen LogP contribution in [0.3, 0.4) is 0 Å². The van der Waals surface area contributed by atoms with E-state index in [1.54, 1.807) is 18.2 Å². The fourth-order valence-corrected chi connectivity index (χ4v) is 1.84. The van der Waals surface area contributed by atoms with Gasteiger partial charge in [0.1, 0.15) is 0 Å². The van der Waals surface area contributed by atoms with Crippen LogP contribution in [0.4, 0.5) is 0 Å². The van der Waals surface area contributed by atoms with E-state index in [0.717, 1.165) is 11.1 Å². The highest BCUT2D eigenvalue weighted by Gasteiger charge is 2.11. The Kier molecular flexibility index (Phi) is 3.16. The van der Waals surface area contributed by atoms with Gasteiger partial charge in [-0.05, 0) is 36.2 Å². The minimum absolute atomic E-state index is 0.312. The minimum Gasteiger partial charge on any atom is -0.478 e. The van der Waals surface area contributed by atoms with Gasteiger partial charge in [0, 0.05) is 5.02 Å². The highest BCUT2D eigenvalue weighted by atomic mass is 35.5. The van der Waals surface area contributed by atoms with Crippen LogP contribution in [0.1, 0.15) is 15.9 Å². The third kappa shape index (κ3) is 2.48. The van der Waals surface area contributed by atoms with Crippen molar-refractivity contribution >= 4 is 17.6 Å². The monoisotopic (exact) mass is 246 g/mol. The van der Waals surface area contributed by atoms with Crippen molar-refractivity contribution in [2.24, 2.45) is 0 Å². The van der Waals surface area contributed by atoms with Crippen LogP contribution in [-0.4, -0.2) is 11.1 Å². The zero-order chi connectivity index (χ0) is 12.4. The largest absolute Gasteiger partial charge is 0.478 e. The normalized spacial score (nSPS) is 10.2. The number of carbonyl (C=O) groups is 1. The number of carboxylic acid groups (broad SMARTS) is 1. The molecule has 0 radical (unpaired) electrons. The van der Waals surface area contributed by atoms with Gasteiger partial charge < -0.3 is 5.11 Å². The molecule has 2 nitrogen and oxygen atoms in total. The number of hydrogen-bond acceptors (Lipinski definition) is 1. The standard InChI is InChI=1S/C14H11ClO2/c1-9-2-7-12(13(8-9)14(16)17)10-3-5-11(15)6-4-10/h2-8H,1H3,(H,16,17). The molecule has 17 heavy (non-hydrogen) atoms. The molecular formula is C14H11ClO2. The van der Waals surface area contributed by atoms with Crippen molar-refractivity contribution < 1.29 is 9.90 Å². The minimum atomic E-state index is -0.918. The molecule has 0 spiro atoms. The number of hydrogen-bond donors (Lipinski definition) is 1. The average molecular weight is 247 g/mol. The number of rotatable bonds is 2. The summed E-state index contributed by atoms with van der Waals surface area (Å²) in [6.07, 6.45) is 0. The number of halogens is 1. The Morgan fingerprint density at radius 1 is 1.12 bits per heavy atom. The lowest BCUT2D eigenvalue weighted by Gasteiger charge is -2.07. The van der Waals surface area contributed by atoms with E-state index in [1.165, 1.54) is 0 Å². The van der Waals surface area contributed by atoms with Crippen LogP contribution in [0, 0.1) is 6.92 Å². The predicted octanol–water partition coefficient (Wildman–Crippen LogP) is 4.01. The molecule has 1 N–H and O–H groups in total. The molecule has 0 atom stereocenters. The number of aryl methyl sites for hydroxylation is 1. The van der Waals surface area contributed by atoms with E-state index in [2.05, 4.69) is 0 Å². The maximum atomic E-state index is 11.2. The van der Waals surface area contributed by atoms with E-state index in [9.17, 15) is 9.90 Å². The van der Waals surface area contributed by atoms with Gasteiger partial charge in [-0.15, -0.1) is 0 Å². The molecular weight excluding hydrogens is 236 g/mol. The lowest BCUT2D eigenvalue weighted by molar-refractivity contribution is 0.0697. The Labute approximate surface area is 104 Å². The lowest BCUT2D eigenvalue weighted by atomic mass is 9.98. The first-order chi connectivity index (χ1) is 8.08. The van der Waals surface area contributed by atoms with Crippen LogP contribution in [-0.2, 0) is 0 Å². The molecule has 2 aromatic carbocycles. The maximum absolute atomic E-state index is 11.2. The van der Waals surface area contributed by atoms with Gasteiger partial charge >= 0.3 is 5.97 Å². The molecule has 2 rings (SSSR count). The smallest absolute Gasteiger partial charge is 0.336 e. The van der Waals surface area contributed by atoms with Gasteiger partial charge in [0.15, 0.2) is 0 Å². The van der Waals surface area contributed by atoms with Crippen LogP contribution in [0.2, 0.25) is 5.02 Å². The Hall–Kier alpha value is -1.80. The van der Waals surface area contributed by atoms with Crippen molar-refractivity contribution in [1.82, 2.24) is 0 Å². The van der Waals surface area contributed by atoms with E-state index in [1.807, 2.05) is 31.2 Å². The van der Waals surface area contributed by atoms with Crippen LogP contribution in [0.25, 0.3) is 11.1 Å². The quantitative estimate of drug-likeness (QED) is 0.869. The molecule has 0 aromatic heterocycles. The molecule has 2 aromatic rings. The highest BCUT2D eigenvalue weighted by molar-refractivity contribution is 6.30. The van der Waals surface area contributed by atoms with Gasteiger partial charge in [-0.1, -0.05) is 41.4 Å². The van der Waals surface area contributed by atoms with Gasteiger partial charge in [0.25, 0.3) is 0 Å². The fraction of sp³-hybridized carbons (Fsp3) is 0.0714. The van der Waals surface area contributed by atoms with E-state index >= 15 is 0 Å². The topological polar surface area (TPSA) is 37.3 Å². The molecule has 0 aliphatic rings. The van der Waals surface area contributed by atoms with Crippen LogP contribution in [0.5, 0.6) is 0 Å². The predicted molar refractivity (Wildman–Crippen MR) is 68.6 cm³/mol. The van der Waals surface area contributed by atoms with Gasteiger partial charge in [0.05, 0.1) is 5.56 Å². The Bertz CT molecular complexity index is 559. The van der Waals surface area contributed by atoms with Crippen molar-refractivity contribution in [1.29, 1.82) is 0 Å². The van der Waals surface area contributed by atoms with Gasteiger partial charge in [-0.2, -0.15) is 0 Å². The number of carboxylic acids is 1. The van der Waals surface area contributed by atoms with Crippen molar-refractivity contribution in [3.63, 3.8) is 0 Å². The molecule has 0 fully saturated rings. The van der Waals surface area contributed by atoms with Crippen LogP contribution in [0.15, 0.2) is 42.5 Å². The Balaban J connectivity index is 2.58. The van der Waals surface area contributed by atoms with E-state index in [-0.39, 0.29) is 0 Å². The maximum Gasteiger partial charge on any atom is 0.336 e. The van der Waals surface area contributed by atoms with E-state index in [0.29, 0.717) is 16.1 Å². The SMILES string of the molecule is Cc1ccc(-c2ccc(Cl)cc2)c(C(=O)O)c1. The molecule has 86 valence electrons. The third-order valence-corrected chi connectivity index (χ3v) is 2.81. The summed E-state index contributed by atoms with van der Waals surface area (Å²) in [5.41, 5.74) is 2.80. The van der Waals surface area contributed by atoms with Crippen molar-refractivity contribution in [2.75, 3.05) is 0 Å². The second-order valence-corrected chi connectivity index (χ2v) is 4.30. The summed E-state index contributed by atoms with van der Waals surface area (Å²) in [5.74, 6) is -0.918. The summed E-state index contributed by atoms with van der Waals surface area (Å²) in [5, 5.41) is 9.82. The van der Waals surface area contributed by atoms with Gasteiger partial charge in [-0.25, -0.2) is 4.79 Å². The summed E-state index contributed by atoms with van der Waals surface area (Å²) in [6.45, 7) is 1.87. The first-order valence-electron chi connectivity index (χ1n) is 5.18. The molecule has 3 heteroatoms. The van der Waals surface area contributed by atoms with Gasteiger partial charge in [0.2, 0.25) is 0 Å². The molecule has 0 amide bonds. The zero-order valence-electron chi connectivity index (χ0n) is 9.27. The number of aromatic carboxylic acids is 1. The lowest BCUT2D eigenvalue weighted by Crippen LogP contribution is -2.00.